The maximum absolute atomic E-state index is 12.9. The second-order valence-electron chi connectivity index (χ2n) is 15.7. The van der Waals surface area contributed by atoms with Crippen LogP contribution in [0.3, 0.4) is 0 Å². The monoisotopic (exact) mass is 874 g/mol. The van der Waals surface area contributed by atoms with E-state index >= 15 is 0 Å². The van der Waals surface area contributed by atoms with Gasteiger partial charge in [0.15, 0.2) is 6.04 Å². The summed E-state index contributed by atoms with van der Waals surface area (Å²) in [5.41, 5.74) is 5.14. The van der Waals surface area contributed by atoms with E-state index < -0.39 is 24.0 Å². The van der Waals surface area contributed by atoms with Crippen LogP contribution in [0.1, 0.15) is 82.5 Å². The molecule has 0 spiro atoms. The molecule has 61 heavy (non-hydrogen) atoms. The Kier molecular flexibility index (Phi) is 14.3. The topological polar surface area (TPSA) is 194 Å². The van der Waals surface area contributed by atoms with E-state index in [1.807, 2.05) is 24.3 Å². The van der Waals surface area contributed by atoms with Crippen molar-refractivity contribution in [1.29, 1.82) is 0 Å². The number of hydrogen-bond donors (Lipinski definition) is 2. The van der Waals surface area contributed by atoms with Crippen LogP contribution in [0.15, 0.2) is 48.8 Å². The van der Waals surface area contributed by atoms with Crippen molar-refractivity contribution < 1.29 is 43.6 Å². The quantitative estimate of drug-likeness (QED) is 0.150. The second kappa shape index (κ2) is 19.8. The minimum absolute atomic E-state index is 0.0742. The first-order valence-corrected chi connectivity index (χ1v) is 21.2. The number of aromatic nitrogens is 4. The van der Waals surface area contributed by atoms with Crippen molar-refractivity contribution >= 4 is 47.0 Å². The van der Waals surface area contributed by atoms with E-state index in [0.717, 1.165) is 87.5 Å². The maximum Gasteiger partial charge on any atom is 0.328 e. The largest absolute Gasteiger partial charge is 0.480 e. The second-order valence-corrected chi connectivity index (χ2v) is 16.5. The molecule has 0 aliphatic carbocycles. The minimum Gasteiger partial charge on any atom is -0.480 e. The number of halogens is 2. The number of amides is 2. The molecular formula is C44H48Cl2N6O9. The lowest BCUT2D eigenvalue weighted by Crippen LogP contribution is -2.44. The summed E-state index contributed by atoms with van der Waals surface area (Å²) in [6.07, 6.45) is 9.03. The molecule has 2 aromatic carbocycles. The number of carbonyl (C=O) groups excluding carboxylic acids is 2. The first-order chi connectivity index (χ1) is 29.4. The molecule has 0 radical (unpaired) electrons. The van der Waals surface area contributed by atoms with Crippen molar-refractivity contribution in [1.82, 2.24) is 29.7 Å². The van der Waals surface area contributed by atoms with Gasteiger partial charge in [-0.1, -0.05) is 54.4 Å². The number of hydrogen-bond acceptors (Lipinski definition) is 11. The van der Waals surface area contributed by atoms with Crippen LogP contribution in [0.25, 0.3) is 22.5 Å². The van der Waals surface area contributed by atoms with Crippen LogP contribution < -0.4 is 0 Å². The van der Waals surface area contributed by atoms with Crippen molar-refractivity contribution in [2.24, 2.45) is 11.8 Å². The van der Waals surface area contributed by atoms with Crippen LogP contribution in [0.4, 0.5) is 0 Å². The van der Waals surface area contributed by atoms with Gasteiger partial charge in [0.2, 0.25) is 0 Å². The molecule has 4 aliphatic heterocycles. The van der Waals surface area contributed by atoms with Crippen LogP contribution in [0.5, 0.6) is 0 Å². The summed E-state index contributed by atoms with van der Waals surface area (Å²) in [6.45, 7) is 5.26. The third-order valence-corrected chi connectivity index (χ3v) is 12.2. The standard InChI is InChI=1S/C22H24ClN3O5.C22H24ClN3O4/c1-30-12-18(22(28)29)26-11-15-3-2-14(9-16(15)21(26)27)20-17(23)10-24-19(25-20)8-13-4-6-31-7-5-13;1-2-18(22(28)29)26-12-15-4-3-14(10-16(15)21(26)27)20-17(23)11-24-19(25-20)9-13-5-7-30-8-6-13/h2-3,9-10,13,18H,4-8,11-12H2,1H3,(H,28,29);3-4,10-11,13,18H,2,5-9,12H2,1H3,(H,28,29). The van der Waals surface area contributed by atoms with Gasteiger partial charge in [0, 0.05) is 94.1 Å². The number of nitrogens with zero attached hydrogens (tertiary/aromatic N) is 6. The fraction of sp³-hybridized carbons (Fsp3) is 0.455. The smallest absolute Gasteiger partial charge is 0.328 e. The van der Waals surface area contributed by atoms with Gasteiger partial charge >= 0.3 is 11.9 Å². The molecule has 2 atom stereocenters. The molecule has 2 amide bonds. The lowest BCUT2D eigenvalue weighted by Gasteiger charge is -2.23. The summed E-state index contributed by atoms with van der Waals surface area (Å²) in [7, 11) is 1.41. The van der Waals surface area contributed by atoms with Crippen molar-refractivity contribution in [3.63, 3.8) is 0 Å². The van der Waals surface area contributed by atoms with Gasteiger partial charge in [-0.05, 0) is 67.2 Å². The highest BCUT2D eigenvalue weighted by Crippen LogP contribution is 2.34. The van der Waals surface area contributed by atoms with Crippen LogP contribution in [0.2, 0.25) is 10.0 Å². The zero-order valence-corrected chi connectivity index (χ0v) is 35.5. The van der Waals surface area contributed by atoms with E-state index in [-0.39, 0.29) is 25.0 Å². The van der Waals surface area contributed by atoms with Gasteiger partial charge in [0.1, 0.15) is 17.7 Å². The summed E-state index contributed by atoms with van der Waals surface area (Å²) in [5.74, 6) is -0.285. The number of carbonyl (C=O) groups is 4. The molecule has 17 heteroatoms. The molecule has 2 saturated heterocycles. The normalized spacial score (nSPS) is 17.7. The number of ether oxygens (including phenoxy) is 3. The van der Waals surface area contributed by atoms with Crippen LogP contribution in [-0.4, -0.2) is 116 Å². The number of aliphatic carboxylic acids is 2. The van der Waals surface area contributed by atoms with Gasteiger partial charge in [0.25, 0.3) is 11.8 Å². The van der Waals surface area contributed by atoms with Gasteiger partial charge in [-0.2, -0.15) is 0 Å². The van der Waals surface area contributed by atoms with E-state index in [2.05, 4.69) is 19.9 Å². The molecule has 2 N–H and O–H groups in total. The van der Waals surface area contributed by atoms with Gasteiger partial charge < -0.3 is 34.2 Å². The van der Waals surface area contributed by atoms with Crippen LogP contribution in [0, 0.1) is 11.8 Å². The third kappa shape index (κ3) is 10.0. The van der Waals surface area contributed by atoms with Crippen LogP contribution in [-0.2, 0) is 49.7 Å². The molecule has 0 bridgehead atoms. The molecule has 2 unspecified atom stereocenters. The Morgan fingerprint density at radius 2 is 1.16 bits per heavy atom. The lowest BCUT2D eigenvalue weighted by atomic mass is 9.96. The Morgan fingerprint density at radius 3 is 1.56 bits per heavy atom. The van der Waals surface area contributed by atoms with Gasteiger partial charge in [-0.3, -0.25) is 9.59 Å². The van der Waals surface area contributed by atoms with Crippen LogP contribution >= 0.6 is 23.2 Å². The number of methoxy groups -OCH3 is 1. The predicted molar refractivity (Wildman–Crippen MR) is 224 cm³/mol. The van der Waals surface area contributed by atoms with Crippen molar-refractivity contribution in [3.8, 4) is 22.5 Å². The third-order valence-electron chi connectivity index (χ3n) is 11.7. The molecule has 2 aromatic heterocycles. The maximum atomic E-state index is 12.9. The summed E-state index contributed by atoms with van der Waals surface area (Å²) >= 11 is 12.8. The Hall–Kier alpha value is -5.06. The Morgan fingerprint density at radius 1 is 0.738 bits per heavy atom. The number of carboxylic acids is 2. The summed E-state index contributed by atoms with van der Waals surface area (Å²) in [5, 5.41) is 19.7. The number of fused-ring (bicyclic) bond motifs is 2. The van der Waals surface area contributed by atoms with Crippen molar-refractivity contribution in [2.75, 3.05) is 40.1 Å². The van der Waals surface area contributed by atoms with Crippen molar-refractivity contribution in [2.45, 2.75) is 77.0 Å². The first-order valence-electron chi connectivity index (χ1n) is 20.5. The van der Waals surface area contributed by atoms with Gasteiger partial charge in [-0.15, -0.1) is 0 Å². The molecule has 4 aliphatic rings. The summed E-state index contributed by atoms with van der Waals surface area (Å²) in [6, 6.07) is 9.04. The molecule has 15 nitrogen and oxygen atoms in total. The fourth-order valence-corrected chi connectivity index (χ4v) is 8.65. The Labute approximate surface area is 363 Å². The molecule has 0 saturated carbocycles. The van der Waals surface area contributed by atoms with E-state index in [1.54, 1.807) is 31.5 Å². The summed E-state index contributed by atoms with van der Waals surface area (Å²) < 4.78 is 15.8. The highest BCUT2D eigenvalue weighted by atomic mass is 35.5. The predicted octanol–water partition coefficient (Wildman–Crippen LogP) is 6.41. The Balaban J connectivity index is 0.000000184. The fourth-order valence-electron chi connectivity index (χ4n) is 8.25. The highest BCUT2D eigenvalue weighted by Gasteiger charge is 2.38. The Bertz CT molecular complexity index is 2280. The molecule has 8 rings (SSSR count). The van der Waals surface area contributed by atoms with E-state index in [9.17, 15) is 29.4 Å². The molecule has 4 aromatic rings. The van der Waals surface area contributed by atoms with E-state index in [4.69, 9.17) is 37.4 Å². The lowest BCUT2D eigenvalue weighted by molar-refractivity contribution is -0.144. The number of rotatable bonds is 13. The molecule has 2 fully saturated rings. The molecule has 322 valence electrons. The average molecular weight is 876 g/mol. The zero-order chi connectivity index (χ0) is 43.2. The van der Waals surface area contributed by atoms with Crippen molar-refractivity contribution in [3.05, 3.63) is 92.7 Å². The number of benzene rings is 2. The minimum atomic E-state index is -1.10. The SMILES string of the molecule is CCC(C(=O)O)N1Cc2ccc(-c3nc(CC4CCOCC4)ncc3Cl)cc2C1=O.COCC(C(=O)O)N1Cc2ccc(-c3nc(CC4CCOCC4)ncc3Cl)cc2C1=O. The highest BCUT2D eigenvalue weighted by molar-refractivity contribution is 6.33. The van der Waals surface area contributed by atoms with E-state index in [0.29, 0.717) is 68.7 Å². The van der Waals surface area contributed by atoms with E-state index in [1.165, 1.54) is 16.9 Å². The van der Waals surface area contributed by atoms with Gasteiger partial charge in [-0.25, -0.2) is 29.5 Å². The zero-order valence-electron chi connectivity index (χ0n) is 34.0. The first kappa shape index (κ1) is 44.0. The average Bonchev–Trinajstić information content (AvgIpc) is 3.76. The number of carboxylic acid groups (broad SMARTS) is 2. The molecule has 6 heterocycles. The molecular weight excluding hydrogens is 827 g/mol. The van der Waals surface area contributed by atoms with Gasteiger partial charge in [0.05, 0.1) is 28.0 Å². The summed E-state index contributed by atoms with van der Waals surface area (Å²) in [4.78, 5) is 69.8.